The van der Waals surface area contributed by atoms with Gasteiger partial charge in [-0.3, -0.25) is 0 Å². The van der Waals surface area contributed by atoms with E-state index in [1.165, 1.54) is 61.4 Å². The second kappa shape index (κ2) is 15.9. The summed E-state index contributed by atoms with van der Waals surface area (Å²) in [7, 11) is 0. The van der Waals surface area contributed by atoms with E-state index in [1.54, 1.807) is 12.1 Å². The van der Waals surface area contributed by atoms with Crippen molar-refractivity contribution in [1.29, 1.82) is 0 Å². The molecule has 2 rings (SSSR count). The topological polar surface area (TPSA) is 58.1 Å². The van der Waals surface area contributed by atoms with Gasteiger partial charge in [-0.25, -0.2) is 0 Å². The zero-order valence-electron chi connectivity index (χ0n) is 24.2. The van der Waals surface area contributed by atoms with E-state index >= 15 is 0 Å². The molecule has 37 heavy (non-hydrogen) atoms. The molecule has 0 unspecified atom stereocenters. The van der Waals surface area contributed by atoms with Crippen molar-refractivity contribution in [3.63, 3.8) is 0 Å². The maximum Gasteiger partial charge on any atom is 2.00 e. The minimum atomic E-state index is -0.0594. The first-order chi connectivity index (χ1) is 17.1. The molecule has 1 N–H and O–H groups in total. The third-order valence-corrected chi connectivity index (χ3v) is 8.58. The Hall–Kier alpha value is -1.32. The van der Waals surface area contributed by atoms with Crippen LogP contribution in [-0.2, 0) is 27.3 Å². The van der Waals surface area contributed by atoms with E-state index in [2.05, 4.69) is 53.8 Å². The van der Waals surface area contributed by atoms with Crippen molar-refractivity contribution >= 4 is 17.4 Å². The first-order valence-corrected chi connectivity index (χ1v) is 15.0. The Morgan fingerprint density at radius 2 is 1.30 bits per heavy atom. The Balaban J connectivity index is 0.00000684. The van der Waals surface area contributed by atoms with Crippen LogP contribution in [0.1, 0.15) is 124 Å². The molecule has 0 heterocycles. The van der Waals surface area contributed by atoms with Crippen LogP contribution >= 0.6 is 11.8 Å². The van der Waals surface area contributed by atoms with Crippen molar-refractivity contribution in [2.75, 3.05) is 11.9 Å². The second-order valence-corrected chi connectivity index (χ2v) is 12.6. The predicted molar refractivity (Wildman–Crippen MR) is 154 cm³/mol. The van der Waals surface area contributed by atoms with Crippen LogP contribution in [0, 0.1) is 0 Å². The summed E-state index contributed by atoms with van der Waals surface area (Å²) in [6.45, 7) is 16.5. The van der Waals surface area contributed by atoms with Gasteiger partial charge >= 0.3 is 16.5 Å². The van der Waals surface area contributed by atoms with Crippen LogP contribution in [0.4, 0.5) is 5.69 Å². The minimum absolute atomic E-state index is 0. The molecule has 0 spiro atoms. The SMILES string of the molecule is CCCCCC(C)(C)c1ccc([O-])c(Sc2c([O-])ccc(C(C)(C)CCCCC)c2NCCCC)c1.[Ni+2]. The summed E-state index contributed by atoms with van der Waals surface area (Å²) < 4.78 is 0. The fourth-order valence-electron chi connectivity index (χ4n) is 4.83. The summed E-state index contributed by atoms with van der Waals surface area (Å²) in [5.74, 6) is -0.0289. The number of benzene rings is 2. The number of rotatable bonds is 16. The molecular weight excluding hydrogens is 521 g/mol. The summed E-state index contributed by atoms with van der Waals surface area (Å²) in [5, 5.41) is 29.8. The van der Waals surface area contributed by atoms with Gasteiger partial charge in [0.05, 0.1) is 5.69 Å². The van der Waals surface area contributed by atoms with Crippen molar-refractivity contribution in [1.82, 2.24) is 0 Å². The van der Waals surface area contributed by atoms with Gasteiger partial charge in [-0.1, -0.05) is 141 Å². The largest absolute Gasteiger partial charge is 2.00 e. The first kappa shape index (κ1) is 33.7. The van der Waals surface area contributed by atoms with E-state index in [9.17, 15) is 10.2 Å². The number of nitrogens with one attached hydrogen (secondary N) is 1. The molecule has 5 heteroatoms. The van der Waals surface area contributed by atoms with Gasteiger partial charge in [0.1, 0.15) is 0 Å². The maximum absolute atomic E-state index is 13.2. The van der Waals surface area contributed by atoms with Crippen LogP contribution in [0.3, 0.4) is 0 Å². The van der Waals surface area contributed by atoms with Gasteiger partial charge in [0.2, 0.25) is 0 Å². The van der Waals surface area contributed by atoms with Crippen LogP contribution in [-0.4, -0.2) is 6.54 Å². The van der Waals surface area contributed by atoms with Gasteiger partial charge in [-0.2, -0.15) is 0 Å². The number of unbranched alkanes of at least 4 members (excludes halogenated alkanes) is 5. The summed E-state index contributed by atoms with van der Waals surface area (Å²) in [5.41, 5.74) is 3.21. The molecule has 0 bridgehead atoms. The zero-order chi connectivity index (χ0) is 26.8. The number of hydrogen-bond acceptors (Lipinski definition) is 4. The molecule has 3 nitrogen and oxygen atoms in total. The van der Waals surface area contributed by atoms with E-state index in [0.29, 0.717) is 9.79 Å². The van der Waals surface area contributed by atoms with E-state index in [-0.39, 0.29) is 38.8 Å². The standard InChI is InChI=1S/C32H51NO2S.Ni/c1-8-11-14-20-31(4,5)24-16-18-26(34)28(23-24)36-30-27(35)19-17-25(29(30)33-22-13-10-3)32(6,7)21-15-12-9-2;/h16-19,23,33-35H,8-15,20-22H2,1-7H3;/q;+2/p-2. The molecule has 0 aliphatic heterocycles. The molecule has 2 aromatic carbocycles. The molecular formula is C32H49NNiO2S. The molecule has 210 valence electrons. The fourth-order valence-corrected chi connectivity index (χ4v) is 5.85. The van der Waals surface area contributed by atoms with E-state index in [4.69, 9.17) is 0 Å². The van der Waals surface area contributed by atoms with Gasteiger partial charge in [0.15, 0.2) is 0 Å². The van der Waals surface area contributed by atoms with Crippen molar-refractivity contribution in [3.8, 4) is 11.5 Å². The fraction of sp³-hybridized carbons (Fsp3) is 0.625. The predicted octanol–water partition coefficient (Wildman–Crippen LogP) is 8.91. The van der Waals surface area contributed by atoms with Crippen LogP contribution in [0.5, 0.6) is 11.5 Å². The molecule has 0 aromatic heterocycles. The molecule has 0 fully saturated rings. The van der Waals surface area contributed by atoms with E-state index in [1.807, 2.05) is 18.2 Å². The molecule has 0 saturated heterocycles. The summed E-state index contributed by atoms with van der Waals surface area (Å²) in [6, 6.07) is 9.41. The Labute approximate surface area is 241 Å². The monoisotopic (exact) mass is 569 g/mol. The summed E-state index contributed by atoms with van der Waals surface area (Å²) in [4.78, 5) is 1.30. The van der Waals surface area contributed by atoms with Crippen LogP contribution in [0.25, 0.3) is 0 Å². The Bertz CT molecular complexity index is 958. The van der Waals surface area contributed by atoms with Crippen molar-refractivity contribution in [3.05, 3.63) is 41.5 Å². The Kier molecular flexibility index (Phi) is 14.5. The smallest absolute Gasteiger partial charge is 0.872 e. The molecule has 0 atom stereocenters. The van der Waals surface area contributed by atoms with Gasteiger partial charge in [0, 0.05) is 16.3 Å². The van der Waals surface area contributed by atoms with Crippen LogP contribution in [0.15, 0.2) is 40.1 Å². The van der Waals surface area contributed by atoms with Gasteiger partial charge in [-0.15, -0.1) is 0 Å². The third kappa shape index (κ3) is 9.74. The second-order valence-electron chi connectivity index (χ2n) is 11.5. The maximum atomic E-state index is 13.2. The molecule has 0 aliphatic rings. The molecule has 0 amide bonds. The summed E-state index contributed by atoms with van der Waals surface area (Å²) >= 11 is 1.36. The number of hydrogen-bond donors (Lipinski definition) is 1. The summed E-state index contributed by atoms with van der Waals surface area (Å²) in [6.07, 6.45) is 11.4. The van der Waals surface area contributed by atoms with Crippen LogP contribution < -0.4 is 15.5 Å². The van der Waals surface area contributed by atoms with Crippen molar-refractivity contribution < 1.29 is 26.7 Å². The average Bonchev–Trinajstić information content (AvgIpc) is 2.82. The first-order valence-electron chi connectivity index (χ1n) is 14.1. The van der Waals surface area contributed by atoms with Gasteiger partial charge in [-0.05, 0) is 47.3 Å². The normalized spacial score (nSPS) is 11.9. The molecule has 0 radical (unpaired) electrons. The Morgan fingerprint density at radius 1 is 0.730 bits per heavy atom. The van der Waals surface area contributed by atoms with Crippen molar-refractivity contribution in [2.45, 2.75) is 133 Å². The van der Waals surface area contributed by atoms with Crippen molar-refractivity contribution in [2.24, 2.45) is 0 Å². The third-order valence-electron chi connectivity index (χ3n) is 7.43. The quantitative estimate of drug-likeness (QED) is 0.162. The minimum Gasteiger partial charge on any atom is -0.872 e. The zero-order valence-corrected chi connectivity index (χ0v) is 26.0. The van der Waals surface area contributed by atoms with Gasteiger partial charge < -0.3 is 15.5 Å². The van der Waals surface area contributed by atoms with Gasteiger partial charge in [0.25, 0.3) is 0 Å². The molecule has 0 aliphatic carbocycles. The molecule has 0 saturated carbocycles. The van der Waals surface area contributed by atoms with Crippen LogP contribution in [0.2, 0.25) is 0 Å². The van der Waals surface area contributed by atoms with E-state index < -0.39 is 0 Å². The number of anilines is 1. The Morgan fingerprint density at radius 3 is 1.89 bits per heavy atom. The molecule has 2 aromatic rings. The average molecular weight is 571 g/mol. The van der Waals surface area contributed by atoms with E-state index in [0.717, 1.165) is 37.9 Å².